The van der Waals surface area contributed by atoms with Crippen molar-refractivity contribution in [2.75, 3.05) is 0 Å². The molecule has 0 aromatic carbocycles. The largest absolute Gasteiger partial charge is 0.263 e. The van der Waals surface area contributed by atoms with Gasteiger partial charge in [-0.2, -0.15) is 0 Å². The fraction of sp³-hybridized carbons (Fsp3) is 0.500. The van der Waals surface area contributed by atoms with Crippen molar-refractivity contribution in [1.82, 2.24) is 0 Å². The molecule has 0 saturated heterocycles. The Morgan fingerprint density at radius 3 is 2.18 bits per heavy atom. The summed E-state index contributed by atoms with van der Waals surface area (Å²) >= 11 is 0. The molecule has 0 amide bonds. The number of rotatable bonds is 3. The van der Waals surface area contributed by atoms with Crippen LogP contribution in [0.1, 0.15) is 27.7 Å². The first kappa shape index (κ1) is 10.2. The number of nitrogens with zero attached hydrogens (tertiary/aromatic N) is 1. The topological polar surface area (TPSA) is 12.4 Å². The summed E-state index contributed by atoms with van der Waals surface area (Å²) in [6.45, 7) is 11.9. The van der Waals surface area contributed by atoms with Crippen LogP contribution < -0.4 is 0 Å². The second kappa shape index (κ2) is 4.89. The second-order valence-electron chi connectivity index (χ2n) is 3.04. The van der Waals surface area contributed by atoms with Gasteiger partial charge in [-0.15, -0.1) is 0 Å². The molecule has 0 N–H and O–H groups in total. The zero-order valence-corrected chi connectivity index (χ0v) is 7.89. The van der Waals surface area contributed by atoms with Crippen molar-refractivity contribution in [3.8, 4) is 0 Å². The van der Waals surface area contributed by atoms with E-state index in [9.17, 15) is 0 Å². The molecule has 1 heteroatoms. The maximum Gasteiger partial charge on any atom is 0.0427 e. The Morgan fingerprint density at radius 1 is 1.36 bits per heavy atom. The summed E-state index contributed by atoms with van der Waals surface area (Å²) in [7, 11) is 0. The van der Waals surface area contributed by atoms with Gasteiger partial charge in [-0.05, 0) is 25.8 Å². The summed E-state index contributed by atoms with van der Waals surface area (Å²) in [5, 5.41) is 0. The number of hydrogen-bond donors (Lipinski definition) is 0. The summed E-state index contributed by atoms with van der Waals surface area (Å²) in [5.41, 5.74) is 2.19. The molecule has 0 fully saturated rings. The average Bonchev–Trinajstić information content (AvgIpc) is 1.86. The van der Waals surface area contributed by atoms with Crippen LogP contribution >= 0.6 is 0 Å². The third-order valence-corrected chi connectivity index (χ3v) is 1.23. The van der Waals surface area contributed by atoms with Crippen molar-refractivity contribution in [1.29, 1.82) is 0 Å². The molecule has 0 aliphatic carbocycles. The molecule has 0 radical (unpaired) electrons. The van der Waals surface area contributed by atoms with Gasteiger partial charge < -0.3 is 0 Å². The Balaban J connectivity index is 4.49. The average molecular weight is 151 g/mol. The quantitative estimate of drug-likeness (QED) is 0.434. The molecule has 0 atom stereocenters. The van der Waals surface area contributed by atoms with Crippen LogP contribution in [0, 0.1) is 5.92 Å². The molecule has 0 unspecified atom stereocenters. The molecule has 1 nitrogen and oxygen atoms in total. The van der Waals surface area contributed by atoms with Crippen LogP contribution in [-0.4, -0.2) is 5.71 Å². The minimum Gasteiger partial charge on any atom is -0.263 e. The molecule has 0 rings (SSSR count). The Labute approximate surface area is 69.5 Å². The zero-order chi connectivity index (χ0) is 8.85. The molecule has 0 spiro atoms. The lowest BCUT2D eigenvalue weighted by Gasteiger charge is -2.04. The molecular formula is C10H17N. The lowest BCUT2D eigenvalue weighted by atomic mass is 10.1. The van der Waals surface area contributed by atoms with Crippen molar-refractivity contribution in [2.45, 2.75) is 27.7 Å². The number of allylic oxidation sites excluding steroid dienone is 3. The molecule has 11 heavy (non-hydrogen) atoms. The van der Waals surface area contributed by atoms with Gasteiger partial charge in [0.05, 0.1) is 0 Å². The molecule has 0 aliphatic heterocycles. The zero-order valence-electron chi connectivity index (χ0n) is 7.89. The van der Waals surface area contributed by atoms with Crippen LogP contribution in [0.2, 0.25) is 0 Å². The van der Waals surface area contributed by atoms with E-state index in [1.807, 2.05) is 19.9 Å². The highest BCUT2D eigenvalue weighted by Gasteiger charge is 1.98. The predicted molar refractivity (Wildman–Crippen MR) is 51.9 cm³/mol. The van der Waals surface area contributed by atoms with Crippen LogP contribution in [0.3, 0.4) is 0 Å². The van der Waals surface area contributed by atoms with E-state index >= 15 is 0 Å². The van der Waals surface area contributed by atoms with Crippen molar-refractivity contribution in [3.63, 3.8) is 0 Å². The standard InChI is InChI=1S/C10H17N/c1-6-7-10(8(2)3)11-9(4)5/h6-8H,1H2,2-5H3/b10-7-. The van der Waals surface area contributed by atoms with Crippen molar-refractivity contribution < 1.29 is 0 Å². The van der Waals surface area contributed by atoms with Crippen molar-refractivity contribution in [2.24, 2.45) is 10.9 Å². The van der Waals surface area contributed by atoms with Gasteiger partial charge in [0.15, 0.2) is 0 Å². The van der Waals surface area contributed by atoms with E-state index in [1.165, 1.54) is 0 Å². The van der Waals surface area contributed by atoms with Gasteiger partial charge in [-0.25, -0.2) is 0 Å². The molecule has 0 aromatic heterocycles. The second-order valence-corrected chi connectivity index (χ2v) is 3.04. The Morgan fingerprint density at radius 2 is 1.91 bits per heavy atom. The monoisotopic (exact) mass is 151 g/mol. The van der Waals surface area contributed by atoms with Crippen LogP contribution in [0.5, 0.6) is 0 Å². The summed E-state index contributed by atoms with van der Waals surface area (Å²) in [6, 6.07) is 0. The lowest BCUT2D eigenvalue weighted by molar-refractivity contribution is 0.758. The fourth-order valence-corrected chi connectivity index (χ4v) is 0.738. The van der Waals surface area contributed by atoms with Crippen molar-refractivity contribution >= 4 is 5.71 Å². The van der Waals surface area contributed by atoms with E-state index in [4.69, 9.17) is 0 Å². The van der Waals surface area contributed by atoms with Gasteiger partial charge in [0.25, 0.3) is 0 Å². The maximum absolute atomic E-state index is 4.37. The van der Waals surface area contributed by atoms with Gasteiger partial charge in [-0.3, -0.25) is 4.99 Å². The highest BCUT2D eigenvalue weighted by Crippen LogP contribution is 2.10. The maximum atomic E-state index is 4.37. The van der Waals surface area contributed by atoms with Gasteiger partial charge in [-0.1, -0.05) is 26.5 Å². The summed E-state index contributed by atoms with van der Waals surface area (Å²) in [5.74, 6) is 0.475. The molecule has 0 aliphatic rings. The number of aliphatic imine (C=N–C) groups is 1. The van der Waals surface area contributed by atoms with Gasteiger partial charge in [0.2, 0.25) is 0 Å². The predicted octanol–water partition coefficient (Wildman–Crippen LogP) is 3.19. The molecule has 0 bridgehead atoms. The fourth-order valence-electron chi connectivity index (χ4n) is 0.738. The summed E-state index contributed by atoms with van der Waals surface area (Å²) in [4.78, 5) is 4.37. The van der Waals surface area contributed by atoms with Crippen LogP contribution in [-0.2, 0) is 0 Å². The van der Waals surface area contributed by atoms with E-state index in [2.05, 4.69) is 25.4 Å². The van der Waals surface area contributed by atoms with Crippen LogP contribution in [0.25, 0.3) is 0 Å². The normalized spacial score (nSPS) is 11.5. The number of hydrogen-bond acceptors (Lipinski definition) is 1. The minimum atomic E-state index is 0.475. The lowest BCUT2D eigenvalue weighted by Crippen LogP contribution is -1.93. The van der Waals surface area contributed by atoms with Gasteiger partial charge in [0.1, 0.15) is 0 Å². The first-order chi connectivity index (χ1) is 5.07. The molecule has 62 valence electrons. The van der Waals surface area contributed by atoms with E-state index in [0.717, 1.165) is 11.4 Å². The molecule has 0 saturated carbocycles. The summed E-state index contributed by atoms with van der Waals surface area (Å²) in [6.07, 6.45) is 3.74. The first-order valence-electron chi connectivity index (χ1n) is 3.92. The molecule has 0 aromatic rings. The first-order valence-corrected chi connectivity index (χ1v) is 3.92. The summed E-state index contributed by atoms with van der Waals surface area (Å²) < 4.78 is 0. The smallest absolute Gasteiger partial charge is 0.0427 e. The van der Waals surface area contributed by atoms with Crippen LogP contribution in [0.4, 0.5) is 0 Å². The van der Waals surface area contributed by atoms with Gasteiger partial charge in [0, 0.05) is 11.4 Å². The molecule has 0 heterocycles. The highest BCUT2D eigenvalue weighted by atomic mass is 14.8. The van der Waals surface area contributed by atoms with Gasteiger partial charge >= 0.3 is 0 Å². The third kappa shape index (κ3) is 4.54. The van der Waals surface area contributed by atoms with Crippen molar-refractivity contribution in [3.05, 3.63) is 24.4 Å². The van der Waals surface area contributed by atoms with E-state index < -0.39 is 0 Å². The van der Waals surface area contributed by atoms with Crippen LogP contribution in [0.15, 0.2) is 29.4 Å². The Hall–Kier alpha value is -0.850. The SMILES string of the molecule is C=C/C=C(\N=C(C)C)C(C)C. The van der Waals surface area contributed by atoms with E-state index in [1.54, 1.807) is 6.08 Å². The Bertz CT molecular complexity index is 181. The highest BCUT2D eigenvalue weighted by molar-refractivity contribution is 5.80. The molecular weight excluding hydrogens is 134 g/mol. The van der Waals surface area contributed by atoms with E-state index in [-0.39, 0.29) is 0 Å². The minimum absolute atomic E-state index is 0.475. The van der Waals surface area contributed by atoms with E-state index in [0.29, 0.717) is 5.92 Å². The third-order valence-electron chi connectivity index (χ3n) is 1.23. The Kier molecular flexibility index (Phi) is 4.51.